The number of thiazole rings is 1. The molecule has 7 nitrogen and oxygen atoms in total. The van der Waals surface area contributed by atoms with Crippen LogP contribution in [-0.4, -0.2) is 35.9 Å². The highest BCUT2D eigenvalue weighted by Gasteiger charge is 2.19. The lowest BCUT2D eigenvalue weighted by Gasteiger charge is -2.14. The molecular weight excluding hydrogens is 342 g/mol. The van der Waals surface area contributed by atoms with Crippen LogP contribution >= 0.6 is 11.3 Å². The first-order chi connectivity index (χ1) is 12.1. The molecule has 25 heavy (non-hydrogen) atoms. The molecule has 8 heteroatoms. The van der Waals surface area contributed by atoms with E-state index in [1.165, 1.54) is 27.7 Å². The summed E-state index contributed by atoms with van der Waals surface area (Å²) in [4.78, 5) is 22.7. The van der Waals surface area contributed by atoms with Crippen LogP contribution in [-0.2, 0) is 13.0 Å². The van der Waals surface area contributed by atoms with Crippen molar-refractivity contribution in [1.82, 2.24) is 14.5 Å². The lowest BCUT2D eigenvalue weighted by molar-refractivity contribution is 0.326. The van der Waals surface area contributed by atoms with Gasteiger partial charge in [0.2, 0.25) is 5.75 Å². The number of aromatic nitrogens is 3. The van der Waals surface area contributed by atoms with E-state index in [1.807, 2.05) is 12.4 Å². The summed E-state index contributed by atoms with van der Waals surface area (Å²) in [6, 6.07) is 1.64. The molecule has 0 saturated heterocycles. The SMILES string of the molecule is COc1cc2c(=O)n(CCc3scnc3C)cnc2c(OC)c1OC. The Labute approximate surface area is 148 Å². The fraction of sp³-hybridized carbons (Fsp3) is 0.353. The van der Waals surface area contributed by atoms with Crippen LogP contribution in [0.3, 0.4) is 0 Å². The van der Waals surface area contributed by atoms with Crippen molar-refractivity contribution in [3.8, 4) is 17.2 Å². The molecule has 0 aliphatic carbocycles. The number of aryl methyl sites for hydroxylation is 3. The second kappa shape index (κ2) is 7.10. The Morgan fingerprint density at radius 3 is 2.48 bits per heavy atom. The third-order valence-corrected chi connectivity index (χ3v) is 5.04. The van der Waals surface area contributed by atoms with Crippen molar-refractivity contribution in [3.63, 3.8) is 0 Å². The van der Waals surface area contributed by atoms with Gasteiger partial charge in [0, 0.05) is 17.8 Å². The van der Waals surface area contributed by atoms with E-state index in [0.29, 0.717) is 34.7 Å². The summed E-state index contributed by atoms with van der Waals surface area (Å²) in [6.45, 7) is 2.50. The first kappa shape index (κ1) is 17.2. The maximum absolute atomic E-state index is 12.9. The fourth-order valence-corrected chi connectivity index (χ4v) is 3.48. The van der Waals surface area contributed by atoms with Crippen LogP contribution in [0, 0.1) is 6.92 Å². The van der Waals surface area contributed by atoms with Crippen molar-refractivity contribution >= 4 is 22.2 Å². The molecule has 0 aliphatic heterocycles. The third kappa shape index (κ3) is 3.05. The van der Waals surface area contributed by atoms with Gasteiger partial charge in [0.15, 0.2) is 11.5 Å². The minimum atomic E-state index is -0.147. The summed E-state index contributed by atoms with van der Waals surface area (Å²) in [5.74, 6) is 1.24. The van der Waals surface area contributed by atoms with Gasteiger partial charge in [-0.05, 0) is 13.0 Å². The lowest BCUT2D eigenvalue weighted by Crippen LogP contribution is -2.22. The monoisotopic (exact) mass is 361 g/mol. The van der Waals surface area contributed by atoms with E-state index in [4.69, 9.17) is 14.2 Å². The molecule has 0 aliphatic rings. The maximum atomic E-state index is 12.9. The molecule has 0 fully saturated rings. The molecule has 0 atom stereocenters. The first-order valence-electron chi connectivity index (χ1n) is 7.67. The summed E-state index contributed by atoms with van der Waals surface area (Å²) >= 11 is 1.59. The van der Waals surface area contributed by atoms with Gasteiger partial charge in [0.1, 0.15) is 5.52 Å². The average molecular weight is 361 g/mol. The lowest BCUT2D eigenvalue weighted by atomic mass is 10.2. The van der Waals surface area contributed by atoms with Crippen LogP contribution in [0.1, 0.15) is 10.6 Å². The van der Waals surface area contributed by atoms with E-state index in [-0.39, 0.29) is 5.56 Å². The van der Waals surface area contributed by atoms with Crippen molar-refractivity contribution in [2.75, 3.05) is 21.3 Å². The molecule has 2 aromatic heterocycles. The van der Waals surface area contributed by atoms with Gasteiger partial charge in [-0.25, -0.2) is 9.97 Å². The molecule has 3 rings (SSSR count). The minimum absolute atomic E-state index is 0.147. The number of nitrogens with zero attached hydrogens (tertiary/aromatic N) is 3. The summed E-state index contributed by atoms with van der Waals surface area (Å²) < 4.78 is 17.7. The van der Waals surface area contributed by atoms with Crippen LogP contribution < -0.4 is 19.8 Å². The van der Waals surface area contributed by atoms with Gasteiger partial charge in [-0.2, -0.15) is 0 Å². The molecule has 0 N–H and O–H groups in total. The Morgan fingerprint density at radius 2 is 1.88 bits per heavy atom. The highest BCUT2D eigenvalue weighted by molar-refractivity contribution is 7.09. The van der Waals surface area contributed by atoms with Gasteiger partial charge in [0.25, 0.3) is 5.56 Å². The van der Waals surface area contributed by atoms with Crippen molar-refractivity contribution < 1.29 is 14.2 Å². The van der Waals surface area contributed by atoms with Crippen LogP contribution in [0.4, 0.5) is 0 Å². The smallest absolute Gasteiger partial charge is 0.261 e. The molecule has 3 aromatic rings. The number of benzene rings is 1. The zero-order valence-electron chi connectivity index (χ0n) is 14.5. The second-order valence-electron chi connectivity index (χ2n) is 5.40. The zero-order valence-corrected chi connectivity index (χ0v) is 15.3. The topological polar surface area (TPSA) is 75.5 Å². The fourth-order valence-electron chi connectivity index (χ4n) is 2.71. The molecule has 0 radical (unpaired) electrons. The predicted molar refractivity (Wildman–Crippen MR) is 96.2 cm³/mol. The maximum Gasteiger partial charge on any atom is 0.261 e. The Kier molecular flexibility index (Phi) is 4.89. The summed E-state index contributed by atoms with van der Waals surface area (Å²) in [6.07, 6.45) is 2.27. The van der Waals surface area contributed by atoms with Crippen molar-refractivity contribution in [3.05, 3.63) is 38.8 Å². The van der Waals surface area contributed by atoms with Crippen molar-refractivity contribution in [1.29, 1.82) is 0 Å². The van der Waals surface area contributed by atoms with E-state index in [9.17, 15) is 4.79 Å². The molecule has 0 unspecified atom stereocenters. The third-order valence-electron chi connectivity index (χ3n) is 4.05. The van der Waals surface area contributed by atoms with Gasteiger partial charge in [-0.3, -0.25) is 9.36 Å². The van der Waals surface area contributed by atoms with E-state index in [0.717, 1.165) is 17.0 Å². The quantitative estimate of drug-likeness (QED) is 0.671. The molecule has 1 aromatic carbocycles. The van der Waals surface area contributed by atoms with Crippen LogP contribution in [0.2, 0.25) is 0 Å². The number of hydrogen-bond donors (Lipinski definition) is 0. The number of rotatable bonds is 6. The molecule has 0 saturated carbocycles. The van der Waals surface area contributed by atoms with Crippen molar-refractivity contribution in [2.24, 2.45) is 0 Å². The van der Waals surface area contributed by atoms with Crippen molar-refractivity contribution in [2.45, 2.75) is 19.9 Å². The number of fused-ring (bicyclic) bond motifs is 1. The zero-order chi connectivity index (χ0) is 18.0. The Hall–Kier alpha value is -2.61. The molecule has 2 heterocycles. The standard InChI is InChI=1S/C17H19N3O4S/c1-10-13(25-9-19-10)5-6-20-8-18-14-11(17(20)21)7-12(22-2)15(23-3)16(14)24-4/h7-9H,5-6H2,1-4H3. The molecule has 0 spiro atoms. The number of hydrogen-bond acceptors (Lipinski definition) is 7. The van der Waals surface area contributed by atoms with E-state index < -0.39 is 0 Å². The largest absolute Gasteiger partial charge is 0.493 e. The Bertz CT molecular complexity index is 964. The molecule has 0 bridgehead atoms. The van der Waals surface area contributed by atoms with Gasteiger partial charge >= 0.3 is 0 Å². The van der Waals surface area contributed by atoms with Gasteiger partial charge < -0.3 is 14.2 Å². The predicted octanol–water partition coefficient (Wildman–Crippen LogP) is 2.43. The molecular formula is C17H19N3O4S. The van der Waals surface area contributed by atoms with Gasteiger partial charge in [0.05, 0.1) is 44.2 Å². The minimum Gasteiger partial charge on any atom is -0.493 e. The van der Waals surface area contributed by atoms with E-state index >= 15 is 0 Å². The van der Waals surface area contributed by atoms with Crippen LogP contribution in [0.25, 0.3) is 10.9 Å². The summed E-state index contributed by atoms with van der Waals surface area (Å²) in [5.41, 5.74) is 3.12. The van der Waals surface area contributed by atoms with Crippen LogP contribution in [0.5, 0.6) is 17.2 Å². The number of methoxy groups -OCH3 is 3. The summed E-state index contributed by atoms with van der Waals surface area (Å²) in [5, 5.41) is 0.429. The Balaban J connectivity index is 2.07. The highest BCUT2D eigenvalue weighted by atomic mass is 32.1. The van der Waals surface area contributed by atoms with E-state index in [1.54, 1.807) is 22.0 Å². The van der Waals surface area contributed by atoms with Gasteiger partial charge in [-0.1, -0.05) is 0 Å². The Morgan fingerprint density at radius 1 is 1.12 bits per heavy atom. The molecule has 132 valence electrons. The molecule has 0 amide bonds. The first-order valence-corrected chi connectivity index (χ1v) is 8.55. The normalized spacial score (nSPS) is 10.9. The van der Waals surface area contributed by atoms with Gasteiger partial charge in [-0.15, -0.1) is 11.3 Å². The van der Waals surface area contributed by atoms with Crippen LogP contribution in [0.15, 0.2) is 22.7 Å². The average Bonchev–Trinajstić information content (AvgIpc) is 3.04. The second-order valence-corrected chi connectivity index (χ2v) is 6.33. The van der Waals surface area contributed by atoms with E-state index in [2.05, 4.69) is 9.97 Å². The summed E-state index contributed by atoms with van der Waals surface area (Å²) in [7, 11) is 4.55. The number of ether oxygens (including phenoxy) is 3. The highest BCUT2D eigenvalue weighted by Crippen LogP contribution is 2.41.